The Morgan fingerprint density at radius 1 is 1.08 bits per heavy atom. The van der Waals surface area contributed by atoms with Crippen LogP contribution in [-0.2, 0) is 16.4 Å². The molecule has 1 atom stereocenters. The molecule has 126 valence electrons. The van der Waals surface area contributed by atoms with E-state index in [-0.39, 0.29) is 22.0 Å². The highest BCUT2D eigenvalue weighted by Crippen LogP contribution is 2.45. The van der Waals surface area contributed by atoms with Crippen molar-refractivity contribution >= 4 is 21.6 Å². The first kappa shape index (κ1) is 16.1. The van der Waals surface area contributed by atoms with Crippen LogP contribution in [0.3, 0.4) is 0 Å². The zero-order valence-electron chi connectivity index (χ0n) is 13.0. The standard InChI is InChI=1S/C18H17ClFNO2S/c19-16-11-14(8-9-17(16)20)24(22,23)21(13-6-7-13)18-10-5-12-3-1-2-4-15(12)18/h1-4,8-9,11,13,18H,5-7,10H2/t18-/m1/s1. The van der Waals surface area contributed by atoms with Crippen LogP contribution in [0, 0.1) is 5.82 Å². The van der Waals surface area contributed by atoms with Crippen molar-refractivity contribution in [3.8, 4) is 0 Å². The average Bonchev–Trinajstić information content (AvgIpc) is 3.30. The molecule has 2 aromatic rings. The van der Waals surface area contributed by atoms with Gasteiger partial charge in [0.1, 0.15) is 5.82 Å². The van der Waals surface area contributed by atoms with Crippen molar-refractivity contribution in [1.82, 2.24) is 4.31 Å². The van der Waals surface area contributed by atoms with Gasteiger partial charge in [-0.2, -0.15) is 4.31 Å². The Labute approximate surface area is 146 Å². The molecule has 3 nitrogen and oxygen atoms in total. The summed E-state index contributed by atoms with van der Waals surface area (Å²) in [5, 5.41) is -0.168. The molecule has 0 aromatic heterocycles. The molecule has 1 fully saturated rings. The van der Waals surface area contributed by atoms with Crippen molar-refractivity contribution < 1.29 is 12.8 Å². The maximum atomic E-state index is 13.4. The highest BCUT2D eigenvalue weighted by molar-refractivity contribution is 7.89. The van der Waals surface area contributed by atoms with E-state index in [0.717, 1.165) is 37.3 Å². The van der Waals surface area contributed by atoms with E-state index in [1.807, 2.05) is 18.2 Å². The SMILES string of the molecule is O=S(=O)(c1ccc(F)c(Cl)c1)N(C1CC1)[C@@H]1CCc2ccccc21. The molecule has 2 aliphatic rings. The summed E-state index contributed by atoms with van der Waals surface area (Å²) >= 11 is 5.80. The predicted molar refractivity (Wildman–Crippen MR) is 91.0 cm³/mol. The molecule has 1 saturated carbocycles. The van der Waals surface area contributed by atoms with Crippen molar-refractivity contribution in [2.45, 2.75) is 42.7 Å². The van der Waals surface area contributed by atoms with Gasteiger partial charge in [0.05, 0.1) is 16.0 Å². The fraction of sp³-hybridized carbons (Fsp3) is 0.333. The number of benzene rings is 2. The molecule has 6 heteroatoms. The smallest absolute Gasteiger partial charge is 0.207 e. The lowest BCUT2D eigenvalue weighted by Gasteiger charge is -2.29. The Morgan fingerprint density at radius 2 is 1.83 bits per heavy atom. The molecule has 4 rings (SSSR count). The highest BCUT2D eigenvalue weighted by Gasteiger charge is 2.44. The van der Waals surface area contributed by atoms with E-state index >= 15 is 0 Å². The monoisotopic (exact) mass is 365 g/mol. The minimum Gasteiger partial charge on any atom is -0.207 e. The molecule has 0 radical (unpaired) electrons. The van der Waals surface area contributed by atoms with Gasteiger partial charge in [0.25, 0.3) is 0 Å². The second kappa shape index (κ2) is 5.83. The fourth-order valence-corrected chi connectivity index (χ4v) is 5.66. The molecule has 0 bridgehead atoms. The molecule has 2 aliphatic carbocycles. The van der Waals surface area contributed by atoms with Crippen LogP contribution >= 0.6 is 11.6 Å². The number of hydrogen-bond donors (Lipinski definition) is 0. The summed E-state index contributed by atoms with van der Waals surface area (Å²) in [7, 11) is -3.72. The number of hydrogen-bond acceptors (Lipinski definition) is 2. The van der Waals surface area contributed by atoms with Crippen LogP contribution in [0.5, 0.6) is 0 Å². The summed E-state index contributed by atoms with van der Waals surface area (Å²) in [6, 6.07) is 11.5. The summed E-state index contributed by atoms with van der Waals surface area (Å²) in [6.45, 7) is 0. The summed E-state index contributed by atoms with van der Waals surface area (Å²) in [4.78, 5) is 0.0604. The Kier molecular flexibility index (Phi) is 3.90. The average molecular weight is 366 g/mol. The molecule has 2 aromatic carbocycles. The Morgan fingerprint density at radius 3 is 2.54 bits per heavy atom. The van der Waals surface area contributed by atoms with E-state index < -0.39 is 15.8 Å². The molecule has 0 aliphatic heterocycles. The summed E-state index contributed by atoms with van der Waals surface area (Å²) < 4.78 is 41.5. The second-order valence-corrected chi connectivity index (χ2v) is 8.65. The quantitative estimate of drug-likeness (QED) is 0.809. The van der Waals surface area contributed by atoms with Crippen LogP contribution in [0.2, 0.25) is 5.02 Å². The molecular weight excluding hydrogens is 349 g/mol. The van der Waals surface area contributed by atoms with Crippen molar-refractivity contribution in [3.63, 3.8) is 0 Å². The number of aryl methyl sites for hydroxylation is 1. The number of halogens is 2. The first-order valence-electron chi connectivity index (χ1n) is 8.05. The van der Waals surface area contributed by atoms with E-state index in [9.17, 15) is 12.8 Å². The van der Waals surface area contributed by atoms with E-state index in [1.165, 1.54) is 17.7 Å². The molecule has 0 spiro atoms. The maximum Gasteiger partial charge on any atom is 0.243 e. The first-order valence-corrected chi connectivity index (χ1v) is 9.86. The third kappa shape index (κ3) is 2.65. The number of nitrogens with zero attached hydrogens (tertiary/aromatic N) is 1. The van der Waals surface area contributed by atoms with Gasteiger partial charge in [-0.3, -0.25) is 0 Å². The lowest BCUT2D eigenvalue weighted by Crippen LogP contribution is -2.36. The van der Waals surface area contributed by atoms with Gasteiger partial charge < -0.3 is 0 Å². The molecule has 24 heavy (non-hydrogen) atoms. The Bertz CT molecular complexity index is 896. The number of sulfonamides is 1. The van der Waals surface area contributed by atoms with Crippen molar-refractivity contribution in [2.75, 3.05) is 0 Å². The van der Waals surface area contributed by atoms with E-state index in [4.69, 9.17) is 11.6 Å². The molecule has 0 N–H and O–H groups in total. The van der Waals surface area contributed by atoms with Crippen molar-refractivity contribution in [2.24, 2.45) is 0 Å². The third-order valence-corrected chi connectivity index (χ3v) is 7.03. The largest absolute Gasteiger partial charge is 0.243 e. The van der Waals surface area contributed by atoms with E-state index in [1.54, 1.807) is 4.31 Å². The zero-order chi connectivity index (χ0) is 16.9. The minimum absolute atomic E-state index is 0.0231. The third-order valence-electron chi connectivity index (χ3n) is 4.78. The molecular formula is C18H17ClFNO2S. The zero-order valence-corrected chi connectivity index (χ0v) is 14.5. The summed E-state index contributed by atoms with van der Waals surface area (Å²) in [5.74, 6) is -0.611. The van der Waals surface area contributed by atoms with Crippen LogP contribution < -0.4 is 0 Å². The van der Waals surface area contributed by atoms with E-state index in [2.05, 4.69) is 6.07 Å². The maximum absolute atomic E-state index is 13.4. The van der Waals surface area contributed by atoms with Gasteiger partial charge >= 0.3 is 0 Å². The number of fused-ring (bicyclic) bond motifs is 1. The van der Waals surface area contributed by atoms with Gasteiger partial charge in [0, 0.05) is 6.04 Å². The van der Waals surface area contributed by atoms with Gasteiger partial charge in [-0.05, 0) is 55.0 Å². The lowest BCUT2D eigenvalue weighted by atomic mass is 10.1. The first-order chi connectivity index (χ1) is 11.5. The van der Waals surface area contributed by atoms with Crippen LogP contribution in [0.1, 0.15) is 36.4 Å². The molecule has 0 heterocycles. The fourth-order valence-electron chi connectivity index (χ4n) is 3.51. The minimum atomic E-state index is -3.72. The van der Waals surface area contributed by atoms with Gasteiger partial charge in [0.15, 0.2) is 0 Å². The Hall–Kier alpha value is -1.43. The predicted octanol–water partition coefficient (Wildman–Crippen LogP) is 4.32. The van der Waals surface area contributed by atoms with Crippen LogP contribution in [0.4, 0.5) is 4.39 Å². The number of rotatable bonds is 4. The van der Waals surface area contributed by atoms with Gasteiger partial charge in [-0.1, -0.05) is 35.9 Å². The summed E-state index contributed by atoms with van der Waals surface area (Å²) in [5.41, 5.74) is 2.29. The Balaban J connectivity index is 1.77. The van der Waals surface area contributed by atoms with Gasteiger partial charge in [-0.15, -0.1) is 0 Å². The van der Waals surface area contributed by atoms with Crippen LogP contribution in [0.25, 0.3) is 0 Å². The highest BCUT2D eigenvalue weighted by atomic mass is 35.5. The molecule has 0 amide bonds. The lowest BCUT2D eigenvalue weighted by molar-refractivity contribution is 0.314. The topological polar surface area (TPSA) is 37.4 Å². The van der Waals surface area contributed by atoms with Gasteiger partial charge in [0.2, 0.25) is 10.0 Å². The normalized spacial score (nSPS) is 20.4. The van der Waals surface area contributed by atoms with Crippen LogP contribution in [-0.4, -0.2) is 18.8 Å². The second-order valence-electron chi connectivity index (χ2n) is 6.40. The van der Waals surface area contributed by atoms with Crippen molar-refractivity contribution in [3.05, 3.63) is 64.4 Å². The van der Waals surface area contributed by atoms with Crippen molar-refractivity contribution in [1.29, 1.82) is 0 Å². The molecule has 0 unspecified atom stereocenters. The van der Waals surface area contributed by atoms with E-state index in [0.29, 0.717) is 0 Å². The van der Waals surface area contributed by atoms with Gasteiger partial charge in [-0.25, -0.2) is 12.8 Å². The summed E-state index contributed by atoms with van der Waals surface area (Å²) in [6.07, 6.45) is 3.40. The molecule has 0 saturated heterocycles. The van der Waals surface area contributed by atoms with Crippen LogP contribution in [0.15, 0.2) is 47.4 Å².